The summed E-state index contributed by atoms with van der Waals surface area (Å²) in [5.41, 5.74) is 0.408. The van der Waals surface area contributed by atoms with Gasteiger partial charge in [-0.15, -0.1) is 0 Å². The highest BCUT2D eigenvalue weighted by atomic mass is 19.4. The zero-order chi connectivity index (χ0) is 21.9. The lowest BCUT2D eigenvalue weighted by Gasteiger charge is -2.13. The van der Waals surface area contributed by atoms with Crippen LogP contribution in [-0.4, -0.2) is 23.0 Å². The molecule has 2 aromatic carbocycles. The monoisotopic (exact) mass is 416 g/mol. The van der Waals surface area contributed by atoms with Crippen molar-refractivity contribution in [1.29, 1.82) is 5.26 Å². The van der Waals surface area contributed by atoms with Crippen molar-refractivity contribution >= 4 is 11.8 Å². The van der Waals surface area contributed by atoms with Crippen LogP contribution in [0.2, 0.25) is 0 Å². The molecule has 3 aromatic rings. The maximum Gasteiger partial charge on any atom is 0.438 e. The van der Waals surface area contributed by atoms with Crippen molar-refractivity contribution in [3.8, 4) is 28.7 Å². The van der Waals surface area contributed by atoms with Crippen LogP contribution in [0.15, 0.2) is 48.7 Å². The Balaban J connectivity index is 1.88. The molecule has 10 heteroatoms. The molecule has 0 saturated heterocycles. The molecular formula is C20H15F3N4O3. The van der Waals surface area contributed by atoms with Gasteiger partial charge in [0.15, 0.2) is 5.75 Å². The molecule has 0 unspecified atom stereocenters. The number of ether oxygens (including phenoxy) is 2. The van der Waals surface area contributed by atoms with Gasteiger partial charge < -0.3 is 9.47 Å². The number of hydrogen-bond donors (Lipinski definition) is 1. The van der Waals surface area contributed by atoms with E-state index in [-0.39, 0.29) is 11.3 Å². The van der Waals surface area contributed by atoms with Crippen LogP contribution in [0.4, 0.5) is 23.7 Å². The summed E-state index contributed by atoms with van der Waals surface area (Å²) >= 11 is 0. The molecule has 0 aliphatic rings. The molecule has 30 heavy (non-hydrogen) atoms. The Hall–Kier alpha value is -4.00. The second kappa shape index (κ2) is 8.16. The molecule has 0 bridgehead atoms. The Labute approximate surface area is 169 Å². The Morgan fingerprint density at radius 1 is 1.20 bits per heavy atom. The van der Waals surface area contributed by atoms with E-state index in [2.05, 4.69) is 10.4 Å². The average Bonchev–Trinajstić information content (AvgIpc) is 3.08. The summed E-state index contributed by atoms with van der Waals surface area (Å²) in [7, 11) is 2.72. The van der Waals surface area contributed by atoms with E-state index in [4.69, 9.17) is 9.47 Å². The number of nitrogens with one attached hydrogen (secondary N) is 1. The van der Waals surface area contributed by atoms with Gasteiger partial charge >= 0.3 is 12.3 Å². The molecule has 0 aliphatic heterocycles. The number of aryl methyl sites for hydroxylation is 1. The number of nitriles is 1. The fraction of sp³-hybridized carbons (Fsp3) is 0.150. The number of nitrogens with zero attached hydrogens (tertiary/aromatic N) is 3. The van der Waals surface area contributed by atoms with Crippen molar-refractivity contribution in [3.05, 3.63) is 59.9 Å². The highest BCUT2D eigenvalue weighted by molar-refractivity contribution is 5.92. The first-order valence-electron chi connectivity index (χ1n) is 8.50. The number of hydrogen-bond acceptors (Lipinski definition) is 5. The Kier molecular flexibility index (Phi) is 5.64. The molecule has 3 rings (SSSR count). The van der Waals surface area contributed by atoms with Gasteiger partial charge in [-0.3, -0.25) is 10.00 Å². The molecular weight excluding hydrogens is 401 g/mol. The second-order valence-electron chi connectivity index (χ2n) is 6.10. The van der Waals surface area contributed by atoms with Crippen LogP contribution in [0.5, 0.6) is 11.5 Å². The van der Waals surface area contributed by atoms with Crippen LogP contribution < -0.4 is 14.8 Å². The summed E-state index contributed by atoms with van der Waals surface area (Å²) in [6.07, 6.45) is -4.93. The molecule has 1 N–H and O–H groups in total. The lowest BCUT2D eigenvalue weighted by Crippen LogP contribution is -2.19. The van der Waals surface area contributed by atoms with Crippen molar-refractivity contribution < 1.29 is 27.4 Å². The van der Waals surface area contributed by atoms with Gasteiger partial charge in [-0.25, -0.2) is 4.79 Å². The van der Waals surface area contributed by atoms with E-state index in [1.54, 1.807) is 42.5 Å². The van der Waals surface area contributed by atoms with E-state index >= 15 is 0 Å². The van der Waals surface area contributed by atoms with Gasteiger partial charge in [0.25, 0.3) is 0 Å². The zero-order valence-electron chi connectivity index (χ0n) is 15.8. The maximum atomic E-state index is 13.0. The molecule has 0 radical (unpaired) electrons. The number of anilines is 1. The van der Waals surface area contributed by atoms with Gasteiger partial charge in [0.05, 0.1) is 24.6 Å². The normalized spacial score (nSPS) is 10.9. The van der Waals surface area contributed by atoms with Crippen LogP contribution in [0.3, 0.4) is 0 Å². The molecule has 0 spiro atoms. The molecule has 1 amide bonds. The Bertz CT molecular complexity index is 1130. The first kappa shape index (κ1) is 20.7. The molecule has 1 heterocycles. The van der Waals surface area contributed by atoms with E-state index in [1.807, 2.05) is 6.07 Å². The van der Waals surface area contributed by atoms with Crippen molar-refractivity contribution in [2.45, 2.75) is 6.18 Å². The molecule has 1 aromatic heterocycles. The van der Waals surface area contributed by atoms with E-state index < -0.39 is 23.7 Å². The predicted octanol–water partition coefficient (Wildman–Crippen LogP) is 4.60. The summed E-state index contributed by atoms with van der Waals surface area (Å²) < 4.78 is 50.0. The van der Waals surface area contributed by atoms with Crippen LogP contribution in [-0.2, 0) is 13.2 Å². The number of rotatable bonds is 4. The third-order valence-corrected chi connectivity index (χ3v) is 4.06. The predicted molar refractivity (Wildman–Crippen MR) is 101 cm³/mol. The molecule has 0 atom stereocenters. The van der Waals surface area contributed by atoms with Crippen LogP contribution in [0.25, 0.3) is 11.1 Å². The number of aromatic nitrogens is 2. The molecule has 154 valence electrons. The summed E-state index contributed by atoms with van der Waals surface area (Å²) in [6, 6.07) is 13.5. The van der Waals surface area contributed by atoms with Crippen molar-refractivity contribution in [2.75, 3.05) is 12.4 Å². The molecule has 0 saturated carbocycles. The third-order valence-electron chi connectivity index (χ3n) is 4.06. The summed E-state index contributed by atoms with van der Waals surface area (Å²) in [4.78, 5) is 12.3. The molecule has 0 fully saturated rings. The minimum atomic E-state index is -4.77. The largest absolute Gasteiger partial charge is 0.495 e. The van der Waals surface area contributed by atoms with E-state index in [9.17, 15) is 23.2 Å². The number of benzene rings is 2. The third kappa shape index (κ3) is 4.35. The lowest BCUT2D eigenvalue weighted by molar-refractivity contribution is -0.142. The fourth-order valence-corrected chi connectivity index (χ4v) is 2.78. The Morgan fingerprint density at radius 3 is 2.60 bits per heavy atom. The van der Waals surface area contributed by atoms with E-state index in [0.29, 0.717) is 16.9 Å². The topological polar surface area (TPSA) is 89.2 Å². The summed E-state index contributed by atoms with van der Waals surface area (Å²) in [5, 5.41) is 15.0. The number of amides is 1. The zero-order valence-corrected chi connectivity index (χ0v) is 15.8. The number of para-hydroxylation sites is 1. The average molecular weight is 416 g/mol. The van der Waals surface area contributed by atoms with Crippen LogP contribution >= 0.6 is 0 Å². The number of halogens is 3. The fourth-order valence-electron chi connectivity index (χ4n) is 2.78. The standard InChI is InChI=1S/C20H15F3N4O3/c1-27-11-17(18(26-27)20(21,22)23)30-19(28)25-15-6-4-3-5-14(15)12-7-8-16(29-2)13(9-12)10-24/h3-9,11H,1-2H3,(H,25,28). The van der Waals surface area contributed by atoms with E-state index in [1.165, 1.54) is 14.2 Å². The van der Waals surface area contributed by atoms with Crippen molar-refractivity contribution in [1.82, 2.24) is 9.78 Å². The maximum absolute atomic E-state index is 13.0. The molecule has 7 nitrogen and oxygen atoms in total. The van der Waals surface area contributed by atoms with Gasteiger partial charge in [-0.05, 0) is 23.8 Å². The van der Waals surface area contributed by atoms with E-state index in [0.717, 1.165) is 10.9 Å². The van der Waals surface area contributed by atoms with Gasteiger partial charge in [0, 0.05) is 12.6 Å². The smallest absolute Gasteiger partial charge is 0.438 e. The second-order valence-corrected chi connectivity index (χ2v) is 6.10. The number of methoxy groups -OCH3 is 1. The Morgan fingerprint density at radius 2 is 1.93 bits per heavy atom. The minimum absolute atomic E-state index is 0.286. The summed E-state index contributed by atoms with van der Waals surface area (Å²) in [6.45, 7) is 0. The van der Waals surface area contributed by atoms with Crippen molar-refractivity contribution in [3.63, 3.8) is 0 Å². The van der Waals surface area contributed by atoms with Crippen molar-refractivity contribution in [2.24, 2.45) is 7.05 Å². The number of carbonyl (C=O) groups is 1. The minimum Gasteiger partial charge on any atom is -0.495 e. The van der Waals surface area contributed by atoms with Crippen LogP contribution in [0, 0.1) is 11.3 Å². The highest BCUT2D eigenvalue weighted by Gasteiger charge is 2.38. The quantitative estimate of drug-likeness (QED) is 0.672. The first-order chi connectivity index (χ1) is 14.2. The van der Waals surface area contributed by atoms with Gasteiger partial charge in [-0.2, -0.15) is 23.5 Å². The SMILES string of the molecule is COc1ccc(-c2ccccc2NC(=O)Oc2cn(C)nc2C(F)(F)F)cc1C#N. The van der Waals surface area contributed by atoms with Crippen LogP contribution in [0.1, 0.15) is 11.3 Å². The lowest BCUT2D eigenvalue weighted by atomic mass is 10.0. The number of carbonyl (C=O) groups excluding carboxylic acids is 1. The number of alkyl halides is 3. The van der Waals surface area contributed by atoms with Gasteiger partial charge in [0.2, 0.25) is 5.69 Å². The molecule has 0 aliphatic carbocycles. The highest BCUT2D eigenvalue weighted by Crippen LogP contribution is 2.35. The van der Waals surface area contributed by atoms with Gasteiger partial charge in [-0.1, -0.05) is 24.3 Å². The van der Waals surface area contributed by atoms with Gasteiger partial charge in [0.1, 0.15) is 11.8 Å². The first-order valence-corrected chi connectivity index (χ1v) is 8.50. The summed E-state index contributed by atoms with van der Waals surface area (Å²) in [5.74, 6) is -0.321.